The smallest absolute Gasteiger partial charge is 0.260 e. The Morgan fingerprint density at radius 3 is 2.71 bits per heavy atom. The van der Waals surface area contributed by atoms with Gasteiger partial charge in [0.25, 0.3) is 5.91 Å². The minimum absolute atomic E-state index is 0.0253. The van der Waals surface area contributed by atoms with Crippen LogP contribution >= 0.6 is 11.3 Å². The number of piperidine rings is 1. The Kier molecular flexibility index (Phi) is 5.25. The number of thiazole rings is 1. The molecule has 2 heterocycles. The van der Waals surface area contributed by atoms with E-state index in [-0.39, 0.29) is 18.4 Å². The molecule has 2 aromatic carbocycles. The molecule has 1 aliphatic heterocycles. The van der Waals surface area contributed by atoms with Gasteiger partial charge >= 0.3 is 0 Å². The van der Waals surface area contributed by atoms with E-state index in [0.29, 0.717) is 17.9 Å². The highest BCUT2D eigenvalue weighted by Crippen LogP contribution is 2.33. The first-order chi connectivity index (χ1) is 13.6. The third-order valence-electron chi connectivity index (χ3n) is 4.93. The van der Waals surface area contributed by atoms with Crippen molar-refractivity contribution in [3.05, 3.63) is 59.1 Å². The zero-order valence-electron chi connectivity index (χ0n) is 15.3. The van der Waals surface area contributed by atoms with Crippen LogP contribution in [0.1, 0.15) is 34.1 Å². The molecule has 1 fully saturated rings. The molecule has 1 saturated heterocycles. The molecule has 0 saturated carbocycles. The van der Waals surface area contributed by atoms with E-state index in [1.54, 1.807) is 35.6 Å². The average Bonchev–Trinajstić information content (AvgIpc) is 3.17. The summed E-state index contributed by atoms with van der Waals surface area (Å²) < 4.78 is 6.77. The number of primary amides is 1. The van der Waals surface area contributed by atoms with E-state index < -0.39 is 5.91 Å². The second-order valence-electron chi connectivity index (χ2n) is 6.88. The van der Waals surface area contributed by atoms with Crippen LogP contribution in [0.3, 0.4) is 0 Å². The van der Waals surface area contributed by atoms with Crippen molar-refractivity contribution < 1.29 is 14.3 Å². The maximum absolute atomic E-state index is 12.6. The molecule has 0 bridgehead atoms. The maximum atomic E-state index is 12.6. The van der Waals surface area contributed by atoms with Crippen LogP contribution in [-0.4, -0.2) is 41.4 Å². The number of hydrogen-bond donors (Lipinski definition) is 1. The highest BCUT2D eigenvalue weighted by Gasteiger charge is 2.27. The first-order valence-corrected chi connectivity index (χ1v) is 10.1. The molecule has 7 heteroatoms. The van der Waals surface area contributed by atoms with Gasteiger partial charge in [0.15, 0.2) is 6.61 Å². The van der Waals surface area contributed by atoms with Crippen LogP contribution in [0.4, 0.5) is 0 Å². The van der Waals surface area contributed by atoms with Crippen LogP contribution in [-0.2, 0) is 4.79 Å². The monoisotopic (exact) mass is 395 g/mol. The van der Waals surface area contributed by atoms with Crippen LogP contribution < -0.4 is 10.5 Å². The van der Waals surface area contributed by atoms with Crippen molar-refractivity contribution in [3.63, 3.8) is 0 Å². The Hall–Kier alpha value is -2.93. The molecular weight excluding hydrogens is 374 g/mol. The number of amides is 2. The number of fused-ring (bicyclic) bond motifs is 1. The third kappa shape index (κ3) is 3.99. The van der Waals surface area contributed by atoms with Crippen molar-refractivity contribution in [3.8, 4) is 5.75 Å². The number of rotatable bonds is 5. The number of hydrogen-bond acceptors (Lipinski definition) is 5. The van der Waals surface area contributed by atoms with Crippen molar-refractivity contribution in [2.45, 2.75) is 18.8 Å². The van der Waals surface area contributed by atoms with Gasteiger partial charge < -0.3 is 15.4 Å². The fourth-order valence-electron chi connectivity index (χ4n) is 3.42. The fraction of sp³-hybridized carbons (Fsp3) is 0.286. The topological polar surface area (TPSA) is 85.5 Å². The normalized spacial score (nSPS) is 16.9. The summed E-state index contributed by atoms with van der Waals surface area (Å²) >= 11 is 1.71. The number of nitrogens with zero attached hydrogens (tertiary/aromatic N) is 2. The summed E-state index contributed by atoms with van der Waals surface area (Å²) in [7, 11) is 0. The van der Waals surface area contributed by atoms with Crippen LogP contribution in [0.25, 0.3) is 10.2 Å². The summed E-state index contributed by atoms with van der Waals surface area (Å²) in [5, 5.41) is 1.10. The predicted molar refractivity (Wildman–Crippen MR) is 109 cm³/mol. The number of aromatic nitrogens is 1. The van der Waals surface area contributed by atoms with Gasteiger partial charge in [-0.15, -0.1) is 11.3 Å². The van der Waals surface area contributed by atoms with Crippen molar-refractivity contribution in [1.82, 2.24) is 9.88 Å². The molecule has 6 nitrogen and oxygen atoms in total. The minimum Gasteiger partial charge on any atom is -0.484 e. The quantitative estimate of drug-likeness (QED) is 0.719. The third-order valence-corrected chi connectivity index (χ3v) is 6.13. The molecule has 1 atom stereocenters. The molecule has 0 aliphatic carbocycles. The van der Waals surface area contributed by atoms with Crippen molar-refractivity contribution in [1.29, 1.82) is 0 Å². The predicted octanol–water partition coefficient (Wildman–Crippen LogP) is 3.18. The molecule has 2 N–H and O–H groups in total. The van der Waals surface area contributed by atoms with Gasteiger partial charge in [-0.3, -0.25) is 9.59 Å². The standard InChI is InChI=1S/C21H21N3O3S/c22-20(26)14-7-9-16(10-8-14)27-13-19(25)24-11-3-4-15(12-24)21-23-17-5-1-2-6-18(17)28-21/h1-2,5-10,15H,3-4,11-13H2,(H2,22,26)/t15-/m0/s1. The van der Waals surface area contributed by atoms with E-state index in [0.717, 1.165) is 29.9 Å². The lowest BCUT2D eigenvalue weighted by atomic mass is 9.99. The summed E-state index contributed by atoms with van der Waals surface area (Å²) in [5.74, 6) is 0.282. The Bertz CT molecular complexity index is 967. The number of benzene rings is 2. The highest BCUT2D eigenvalue weighted by atomic mass is 32.1. The zero-order chi connectivity index (χ0) is 19.5. The molecular formula is C21H21N3O3S. The Balaban J connectivity index is 1.37. The molecule has 28 heavy (non-hydrogen) atoms. The summed E-state index contributed by atoms with van der Waals surface area (Å²) in [6.07, 6.45) is 2.00. The largest absolute Gasteiger partial charge is 0.484 e. The molecule has 2 amide bonds. The van der Waals surface area contributed by atoms with Gasteiger partial charge in [0.2, 0.25) is 5.91 Å². The SMILES string of the molecule is NC(=O)c1ccc(OCC(=O)N2CCC[C@H](c3nc4ccccc4s3)C2)cc1. The zero-order valence-corrected chi connectivity index (χ0v) is 16.2. The van der Waals surface area contributed by atoms with E-state index in [2.05, 4.69) is 6.07 Å². The lowest BCUT2D eigenvalue weighted by Crippen LogP contribution is -2.41. The molecule has 144 valence electrons. The first-order valence-electron chi connectivity index (χ1n) is 9.26. The van der Waals surface area contributed by atoms with Gasteiger partial charge in [-0.1, -0.05) is 12.1 Å². The Labute approximate surface area is 166 Å². The molecule has 0 spiro atoms. The maximum Gasteiger partial charge on any atom is 0.260 e. The van der Waals surface area contributed by atoms with Gasteiger partial charge in [0.1, 0.15) is 5.75 Å². The molecule has 1 aromatic heterocycles. The van der Waals surface area contributed by atoms with Gasteiger partial charge in [-0.25, -0.2) is 4.98 Å². The van der Waals surface area contributed by atoms with E-state index in [4.69, 9.17) is 15.5 Å². The van der Waals surface area contributed by atoms with E-state index >= 15 is 0 Å². The Morgan fingerprint density at radius 2 is 1.96 bits per heavy atom. The summed E-state index contributed by atoms with van der Waals surface area (Å²) in [4.78, 5) is 30.3. The second-order valence-corrected chi connectivity index (χ2v) is 7.94. The van der Waals surface area contributed by atoms with Gasteiger partial charge in [0.05, 0.1) is 15.2 Å². The highest BCUT2D eigenvalue weighted by molar-refractivity contribution is 7.18. The van der Waals surface area contributed by atoms with Crippen molar-refractivity contribution in [2.75, 3.05) is 19.7 Å². The number of carbonyl (C=O) groups is 2. The van der Waals surface area contributed by atoms with Crippen LogP contribution in [0.5, 0.6) is 5.75 Å². The second kappa shape index (κ2) is 7.98. The number of carbonyl (C=O) groups excluding carboxylic acids is 2. The van der Waals surface area contributed by atoms with E-state index in [9.17, 15) is 9.59 Å². The number of likely N-dealkylation sites (tertiary alicyclic amines) is 1. The molecule has 0 radical (unpaired) electrons. The average molecular weight is 395 g/mol. The number of para-hydroxylation sites is 1. The molecule has 1 aliphatic rings. The summed E-state index contributed by atoms with van der Waals surface area (Å²) in [6, 6.07) is 14.6. The molecule has 4 rings (SSSR count). The minimum atomic E-state index is -0.489. The van der Waals surface area contributed by atoms with E-state index in [1.807, 2.05) is 23.1 Å². The van der Waals surface area contributed by atoms with Gasteiger partial charge in [-0.05, 0) is 49.2 Å². The van der Waals surface area contributed by atoms with Crippen LogP contribution in [0, 0.1) is 0 Å². The Morgan fingerprint density at radius 1 is 1.18 bits per heavy atom. The van der Waals surface area contributed by atoms with Crippen LogP contribution in [0.2, 0.25) is 0 Å². The van der Waals surface area contributed by atoms with Crippen LogP contribution in [0.15, 0.2) is 48.5 Å². The van der Waals surface area contributed by atoms with Gasteiger partial charge in [-0.2, -0.15) is 0 Å². The summed E-state index contributed by atoms with van der Waals surface area (Å²) in [6.45, 7) is 1.38. The number of nitrogens with two attached hydrogens (primary N) is 1. The first kappa shape index (κ1) is 18.4. The van der Waals surface area contributed by atoms with Crippen molar-refractivity contribution >= 4 is 33.4 Å². The number of ether oxygens (including phenoxy) is 1. The van der Waals surface area contributed by atoms with Crippen molar-refractivity contribution in [2.24, 2.45) is 5.73 Å². The fourth-order valence-corrected chi connectivity index (χ4v) is 4.51. The van der Waals surface area contributed by atoms with Gasteiger partial charge in [0, 0.05) is 24.6 Å². The lowest BCUT2D eigenvalue weighted by Gasteiger charge is -2.31. The lowest BCUT2D eigenvalue weighted by molar-refractivity contribution is -0.134. The summed E-state index contributed by atoms with van der Waals surface area (Å²) in [5.41, 5.74) is 6.66. The van der Waals surface area contributed by atoms with E-state index in [1.165, 1.54) is 4.70 Å². The molecule has 0 unspecified atom stereocenters. The molecule has 3 aromatic rings.